The van der Waals surface area contributed by atoms with E-state index in [1.54, 1.807) is 0 Å². The number of hydrogen-bond donors (Lipinski definition) is 6. The lowest BCUT2D eigenvalue weighted by molar-refractivity contribution is -0.193. The van der Waals surface area contributed by atoms with Gasteiger partial charge in [0.2, 0.25) is 11.8 Å². The second-order valence-corrected chi connectivity index (χ2v) is 7.80. The van der Waals surface area contributed by atoms with Gasteiger partial charge in [0, 0.05) is 0 Å². The molecule has 1 aromatic rings. The summed E-state index contributed by atoms with van der Waals surface area (Å²) in [5.41, 5.74) is 12.1. The van der Waals surface area contributed by atoms with Crippen LogP contribution in [0.2, 0.25) is 0 Å². The van der Waals surface area contributed by atoms with Crippen molar-refractivity contribution in [2.75, 3.05) is 0 Å². The Morgan fingerprint density at radius 3 is 1.32 bits per heavy atom. The number of primary amides is 1. The van der Waals surface area contributed by atoms with E-state index in [4.69, 9.17) is 41.2 Å². The fourth-order valence-corrected chi connectivity index (χ4v) is 1.96. The molecule has 0 radical (unpaired) electrons. The predicted molar refractivity (Wildman–Crippen MR) is 120 cm³/mol. The van der Waals surface area contributed by atoms with Gasteiger partial charge in [-0.3, -0.25) is 9.59 Å². The topological polar surface area (TPSA) is 210 Å². The summed E-state index contributed by atoms with van der Waals surface area (Å²) in [5.74, 6) is -8.89. The number of carboxylic acids is 3. The Bertz CT molecular complexity index is 926. The molecule has 0 saturated carbocycles. The molecule has 0 aliphatic carbocycles. The van der Waals surface area contributed by atoms with Crippen LogP contribution in [0.3, 0.4) is 0 Å². The summed E-state index contributed by atoms with van der Waals surface area (Å²) in [6.45, 7) is 3.93. The van der Waals surface area contributed by atoms with Crippen LogP contribution >= 0.6 is 0 Å². The third-order valence-electron chi connectivity index (χ3n) is 3.73. The van der Waals surface area contributed by atoms with Crippen LogP contribution in [0.15, 0.2) is 30.3 Å². The van der Waals surface area contributed by atoms with Gasteiger partial charge >= 0.3 is 36.4 Å². The standard InChI is InChI=1S/C15H23N3O2.3C2HF3O2/c1-10(2)8-13(14(17)19)18-15(20)12(16)9-11-6-4-3-5-7-11;3*3-2(4,5)1(6)7/h3-7,10,12-13H,8-9,16H2,1-2H3,(H2,17,19)(H,18,20);3*(H,6,7)/t12-,13-;;;/m1.../s1. The van der Waals surface area contributed by atoms with E-state index in [1.165, 1.54) is 0 Å². The van der Waals surface area contributed by atoms with E-state index in [1.807, 2.05) is 44.2 Å². The predicted octanol–water partition coefficient (Wildman–Crippen LogP) is 2.47. The maximum absolute atomic E-state index is 12.0. The van der Waals surface area contributed by atoms with Gasteiger partial charge in [-0.15, -0.1) is 0 Å². The zero-order chi connectivity index (χ0) is 33.4. The summed E-state index contributed by atoms with van der Waals surface area (Å²) >= 11 is 0. The van der Waals surface area contributed by atoms with Gasteiger partial charge in [-0.25, -0.2) is 14.4 Å². The molecule has 0 unspecified atom stereocenters. The van der Waals surface area contributed by atoms with Crippen LogP contribution in [0.25, 0.3) is 0 Å². The lowest BCUT2D eigenvalue weighted by Gasteiger charge is -2.20. The first kappa shape index (κ1) is 41.4. The molecule has 1 aromatic carbocycles. The first-order valence-corrected chi connectivity index (χ1v) is 10.5. The molecule has 8 N–H and O–H groups in total. The molecule has 41 heavy (non-hydrogen) atoms. The third kappa shape index (κ3) is 23.5. The van der Waals surface area contributed by atoms with Gasteiger partial charge in [0.25, 0.3) is 0 Å². The molecule has 0 heterocycles. The molecule has 0 aromatic heterocycles. The molecular weight excluding hydrogens is 593 g/mol. The lowest BCUT2D eigenvalue weighted by atomic mass is 10.0. The van der Waals surface area contributed by atoms with Crippen molar-refractivity contribution in [2.45, 2.75) is 57.3 Å². The molecule has 2 atom stereocenters. The zero-order valence-electron chi connectivity index (χ0n) is 21.0. The Kier molecular flexibility index (Phi) is 18.5. The number of carboxylic acid groups (broad SMARTS) is 3. The molecular formula is C21H26F9N3O8. The van der Waals surface area contributed by atoms with Gasteiger partial charge in [-0.2, -0.15) is 39.5 Å². The lowest BCUT2D eigenvalue weighted by Crippen LogP contribution is -2.51. The maximum atomic E-state index is 12.0. The molecule has 20 heteroatoms. The highest BCUT2D eigenvalue weighted by atomic mass is 19.4. The van der Waals surface area contributed by atoms with Crippen molar-refractivity contribution in [1.29, 1.82) is 0 Å². The molecule has 2 amide bonds. The zero-order valence-corrected chi connectivity index (χ0v) is 21.0. The SMILES string of the molecule is CC(C)C[C@@H](NC(=O)[C@H](N)Cc1ccccc1)C(N)=O.O=C(O)C(F)(F)F.O=C(O)C(F)(F)F.O=C(O)C(F)(F)F. The number of aliphatic carboxylic acids is 3. The van der Waals surface area contributed by atoms with Crippen molar-refractivity contribution in [2.24, 2.45) is 17.4 Å². The summed E-state index contributed by atoms with van der Waals surface area (Å²) in [5, 5.41) is 24.0. The molecule has 1 rings (SSSR count). The minimum absolute atomic E-state index is 0.262. The summed E-state index contributed by atoms with van der Waals surface area (Å²) in [7, 11) is 0. The van der Waals surface area contributed by atoms with Gasteiger partial charge in [-0.05, 0) is 24.3 Å². The Morgan fingerprint density at radius 1 is 0.756 bits per heavy atom. The average molecular weight is 619 g/mol. The van der Waals surface area contributed by atoms with Crippen LogP contribution < -0.4 is 16.8 Å². The highest BCUT2D eigenvalue weighted by Gasteiger charge is 2.39. The molecule has 11 nitrogen and oxygen atoms in total. The summed E-state index contributed by atoms with van der Waals surface area (Å²) < 4.78 is 95.2. The number of rotatable bonds is 7. The number of amides is 2. The Labute approximate surface area is 225 Å². The van der Waals surface area contributed by atoms with Crippen LogP contribution in [0.5, 0.6) is 0 Å². The first-order chi connectivity index (χ1) is 18.2. The number of nitrogens with one attached hydrogen (secondary N) is 1. The van der Waals surface area contributed by atoms with Gasteiger partial charge in [0.15, 0.2) is 0 Å². The number of benzene rings is 1. The van der Waals surface area contributed by atoms with Crippen molar-refractivity contribution >= 4 is 29.7 Å². The largest absolute Gasteiger partial charge is 0.490 e. The molecule has 0 aliphatic rings. The monoisotopic (exact) mass is 619 g/mol. The highest BCUT2D eigenvalue weighted by Crippen LogP contribution is 2.14. The van der Waals surface area contributed by atoms with E-state index < -0.39 is 54.4 Å². The minimum Gasteiger partial charge on any atom is -0.475 e. The summed E-state index contributed by atoms with van der Waals surface area (Å²) in [6, 6.07) is 8.16. The van der Waals surface area contributed by atoms with Gasteiger partial charge in [-0.1, -0.05) is 44.2 Å². The fourth-order valence-electron chi connectivity index (χ4n) is 1.96. The van der Waals surface area contributed by atoms with Crippen LogP contribution in [0.4, 0.5) is 39.5 Å². The third-order valence-corrected chi connectivity index (χ3v) is 3.73. The Balaban J connectivity index is -0.000000563. The first-order valence-electron chi connectivity index (χ1n) is 10.5. The van der Waals surface area contributed by atoms with Crippen molar-refractivity contribution in [3.63, 3.8) is 0 Å². The second kappa shape index (κ2) is 18.3. The minimum atomic E-state index is -5.08. The van der Waals surface area contributed by atoms with Gasteiger partial charge < -0.3 is 32.1 Å². The number of hydrogen-bond acceptors (Lipinski definition) is 6. The maximum Gasteiger partial charge on any atom is 0.490 e. The van der Waals surface area contributed by atoms with E-state index in [9.17, 15) is 49.1 Å². The molecule has 0 aliphatic heterocycles. The Hall–Kier alpha value is -4.10. The normalized spacial score (nSPS) is 12.5. The summed E-state index contributed by atoms with van der Waals surface area (Å²) in [6.07, 6.45) is -14.3. The highest BCUT2D eigenvalue weighted by molar-refractivity contribution is 5.89. The Morgan fingerprint density at radius 2 is 1.07 bits per heavy atom. The van der Waals surface area contributed by atoms with Crippen molar-refractivity contribution in [3.8, 4) is 0 Å². The number of carbonyl (C=O) groups is 5. The molecule has 0 bridgehead atoms. The number of carbonyl (C=O) groups excluding carboxylic acids is 2. The van der Waals surface area contributed by atoms with Gasteiger partial charge in [0.05, 0.1) is 6.04 Å². The van der Waals surface area contributed by atoms with E-state index in [-0.39, 0.29) is 11.8 Å². The van der Waals surface area contributed by atoms with E-state index >= 15 is 0 Å². The van der Waals surface area contributed by atoms with E-state index in [2.05, 4.69) is 5.32 Å². The number of alkyl halides is 9. The van der Waals surface area contributed by atoms with Crippen LogP contribution in [-0.4, -0.2) is 75.7 Å². The molecule has 0 spiro atoms. The van der Waals surface area contributed by atoms with Crippen LogP contribution in [0.1, 0.15) is 25.8 Å². The molecule has 0 saturated heterocycles. The van der Waals surface area contributed by atoms with Crippen molar-refractivity contribution in [3.05, 3.63) is 35.9 Å². The number of halogens is 9. The second-order valence-electron chi connectivity index (χ2n) is 7.80. The smallest absolute Gasteiger partial charge is 0.475 e. The quantitative estimate of drug-likeness (QED) is 0.247. The average Bonchev–Trinajstić information content (AvgIpc) is 2.78. The van der Waals surface area contributed by atoms with Crippen LogP contribution in [-0.2, 0) is 30.4 Å². The van der Waals surface area contributed by atoms with E-state index in [0.29, 0.717) is 12.8 Å². The van der Waals surface area contributed by atoms with Crippen molar-refractivity contribution in [1.82, 2.24) is 5.32 Å². The fraction of sp³-hybridized carbons (Fsp3) is 0.476. The van der Waals surface area contributed by atoms with Crippen LogP contribution in [0, 0.1) is 5.92 Å². The van der Waals surface area contributed by atoms with Gasteiger partial charge in [0.1, 0.15) is 6.04 Å². The molecule has 236 valence electrons. The van der Waals surface area contributed by atoms with E-state index in [0.717, 1.165) is 5.56 Å². The summed E-state index contributed by atoms with van der Waals surface area (Å²) in [4.78, 5) is 50.0. The molecule has 0 fully saturated rings. The number of nitrogens with two attached hydrogens (primary N) is 2. The van der Waals surface area contributed by atoms with Crippen molar-refractivity contribution < 1.29 is 78.8 Å².